The van der Waals surface area contributed by atoms with Gasteiger partial charge in [0.15, 0.2) is 5.82 Å². The summed E-state index contributed by atoms with van der Waals surface area (Å²) in [5.41, 5.74) is 5.49. The molecule has 41 heavy (non-hydrogen) atoms. The third kappa shape index (κ3) is 7.18. The lowest BCUT2D eigenvalue weighted by Gasteiger charge is -2.27. The molecule has 0 bridgehead atoms. The van der Waals surface area contributed by atoms with Crippen molar-refractivity contribution in [2.24, 2.45) is 0 Å². The van der Waals surface area contributed by atoms with E-state index in [4.69, 9.17) is 22.7 Å². The molecule has 2 heterocycles. The van der Waals surface area contributed by atoms with Crippen molar-refractivity contribution < 1.29 is 27.7 Å². The quantitative estimate of drug-likeness (QED) is 0.203. The number of halogens is 5. The molecule has 2 aromatic carbocycles. The van der Waals surface area contributed by atoms with E-state index in [9.17, 15) is 22.4 Å². The maximum atomic E-state index is 14.4. The van der Waals surface area contributed by atoms with E-state index >= 15 is 0 Å². The number of hydrogen-bond donors (Lipinski definition) is 4. The molecule has 1 aliphatic rings. The van der Waals surface area contributed by atoms with Gasteiger partial charge in [-0.1, -0.05) is 23.6 Å². The zero-order valence-corrected chi connectivity index (χ0v) is 22.9. The molecular formula is C28H27ClF4N7O+. The smallest absolute Gasteiger partial charge is 0.383 e. The van der Waals surface area contributed by atoms with Crippen LogP contribution in [-0.2, 0) is 6.18 Å². The largest absolute Gasteiger partial charge is 0.416 e. The molecule has 0 aliphatic carbocycles. The Morgan fingerprint density at radius 2 is 1.93 bits per heavy atom. The number of quaternary nitrogens is 1. The number of benzene rings is 2. The molecule has 13 heteroatoms. The lowest BCUT2D eigenvalue weighted by atomic mass is 10.0. The van der Waals surface area contributed by atoms with Gasteiger partial charge in [0.05, 0.1) is 22.2 Å². The van der Waals surface area contributed by atoms with Crippen molar-refractivity contribution in [1.29, 1.82) is 5.41 Å². The average molecular weight is 589 g/mol. The Hall–Kier alpha value is -4.05. The Morgan fingerprint density at radius 3 is 2.61 bits per heavy atom. The summed E-state index contributed by atoms with van der Waals surface area (Å²) in [4.78, 5) is 23.3. The van der Waals surface area contributed by atoms with Gasteiger partial charge in [-0.15, -0.1) is 0 Å². The molecule has 6 N–H and O–H groups in total. The summed E-state index contributed by atoms with van der Waals surface area (Å²) in [5.74, 6) is 3.91. The second kappa shape index (κ2) is 12.2. The fourth-order valence-electron chi connectivity index (χ4n) is 4.36. The van der Waals surface area contributed by atoms with E-state index < -0.39 is 34.1 Å². The molecule has 1 aliphatic heterocycles. The van der Waals surface area contributed by atoms with Gasteiger partial charge in [-0.3, -0.25) is 15.5 Å². The number of nitrogen functional groups attached to an aromatic ring is 1. The number of carbonyl (C=O) groups excluding carboxylic acids is 1. The number of likely N-dealkylation sites (tertiary alicyclic amines) is 1. The summed E-state index contributed by atoms with van der Waals surface area (Å²) in [7, 11) is 2.07. The first-order valence-electron chi connectivity index (χ1n) is 12.6. The Labute approximate surface area is 238 Å². The lowest BCUT2D eigenvalue weighted by molar-refractivity contribution is -0.617. The van der Waals surface area contributed by atoms with Crippen LogP contribution < -0.4 is 16.4 Å². The number of nitrogens with two attached hydrogens (primary N) is 2. The second-order valence-corrected chi connectivity index (χ2v) is 10.2. The van der Waals surface area contributed by atoms with Crippen LogP contribution >= 0.6 is 11.6 Å². The highest BCUT2D eigenvalue weighted by molar-refractivity contribution is 6.31. The van der Waals surface area contributed by atoms with Crippen LogP contribution in [0.4, 0.5) is 34.9 Å². The Kier molecular flexibility index (Phi) is 8.92. The minimum Gasteiger partial charge on any atom is -0.383 e. The van der Waals surface area contributed by atoms with Crippen LogP contribution in [0.5, 0.6) is 0 Å². The maximum Gasteiger partial charge on any atom is 0.416 e. The van der Waals surface area contributed by atoms with Crippen LogP contribution in [0.25, 0.3) is 0 Å². The second-order valence-electron chi connectivity index (χ2n) is 9.75. The van der Waals surface area contributed by atoms with E-state index in [1.807, 2.05) is 5.32 Å². The predicted molar refractivity (Wildman–Crippen MR) is 148 cm³/mol. The van der Waals surface area contributed by atoms with E-state index in [1.165, 1.54) is 18.5 Å². The summed E-state index contributed by atoms with van der Waals surface area (Å²) in [6.45, 7) is 3.66. The molecule has 4 rings (SSSR count). The summed E-state index contributed by atoms with van der Waals surface area (Å²) in [6, 6.07) is 5.69. The highest BCUT2D eigenvalue weighted by Gasteiger charge is 2.33. The first kappa shape index (κ1) is 29.9. The summed E-state index contributed by atoms with van der Waals surface area (Å²) < 4.78 is 53.9. The van der Waals surface area contributed by atoms with Crippen LogP contribution in [0.3, 0.4) is 0 Å². The van der Waals surface area contributed by atoms with Crippen LogP contribution in [0, 0.1) is 30.0 Å². The fourth-order valence-corrected chi connectivity index (χ4v) is 4.58. The van der Waals surface area contributed by atoms with Gasteiger partial charge in [-0.05, 0) is 49.7 Å². The van der Waals surface area contributed by atoms with E-state index in [0.717, 1.165) is 25.9 Å². The molecule has 8 nitrogen and oxygen atoms in total. The molecule has 1 saturated heterocycles. The molecule has 0 saturated carbocycles. The number of aryl methyl sites for hydroxylation is 1. The van der Waals surface area contributed by atoms with Gasteiger partial charge < -0.3 is 16.0 Å². The minimum absolute atomic E-state index is 0.100. The van der Waals surface area contributed by atoms with Crippen molar-refractivity contribution in [3.8, 4) is 11.8 Å². The number of anilines is 2. The van der Waals surface area contributed by atoms with E-state index in [2.05, 4.69) is 39.1 Å². The first-order chi connectivity index (χ1) is 19.3. The first-order valence-corrected chi connectivity index (χ1v) is 12.9. The Morgan fingerprint density at radius 1 is 1.22 bits per heavy atom. The van der Waals surface area contributed by atoms with E-state index in [0.29, 0.717) is 34.6 Å². The number of rotatable bonds is 5. The van der Waals surface area contributed by atoms with Crippen molar-refractivity contribution in [2.75, 3.05) is 31.2 Å². The van der Waals surface area contributed by atoms with E-state index in [1.54, 1.807) is 13.0 Å². The average Bonchev–Trinajstić information content (AvgIpc) is 2.91. The zero-order valence-electron chi connectivity index (χ0n) is 22.2. The molecule has 0 spiro atoms. The summed E-state index contributed by atoms with van der Waals surface area (Å²) in [6.07, 6.45) is -1.57. The third-order valence-electron chi connectivity index (χ3n) is 6.73. The molecule has 1 aromatic heterocycles. The number of amides is 1. The monoisotopic (exact) mass is 588 g/mol. The molecule has 3 aromatic rings. The van der Waals surface area contributed by atoms with Crippen molar-refractivity contribution in [1.82, 2.24) is 14.9 Å². The topological polar surface area (TPSA) is 125 Å². The highest BCUT2D eigenvalue weighted by atomic mass is 35.5. The number of nitrogens with zero attached hydrogens (tertiary/aromatic N) is 3. The fraction of sp³-hybridized carbons (Fsp3) is 0.286. The molecule has 0 unspecified atom stereocenters. The van der Waals surface area contributed by atoms with E-state index in [-0.39, 0.29) is 23.3 Å². The highest BCUT2D eigenvalue weighted by Crippen LogP contribution is 2.33. The van der Waals surface area contributed by atoms with Crippen LogP contribution in [0.15, 0.2) is 36.7 Å². The molecular weight excluding hydrogens is 562 g/mol. The van der Waals surface area contributed by atoms with Gasteiger partial charge >= 0.3 is 6.18 Å². The SMILES string of the molecule is Cc1ccc(NC(=O)c2cc(C(F)(F)F)cc(Cl)c2F)cc1C#CC(=N)c1c(N)ncnc1[NH2+]C1CCN(C)CC1. The number of carbonyl (C=O) groups is 1. The number of aromatic nitrogens is 2. The number of alkyl halides is 3. The van der Waals surface area contributed by atoms with Crippen molar-refractivity contribution >= 4 is 40.5 Å². The van der Waals surface area contributed by atoms with Crippen LogP contribution in [0.1, 0.15) is 45.5 Å². The van der Waals surface area contributed by atoms with Gasteiger partial charge in [-0.2, -0.15) is 18.2 Å². The molecule has 214 valence electrons. The Balaban J connectivity index is 1.56. The molecule has 0 radical (unpaired) electrons. The van der Waals surface area contributed by atoms with Gasteiger partial charge in [0, 0.05) is 37.2 Å². The molecule has 1 amide bonds. The lowest BCUT2D eigenvalue weighted by Crippen LogP contribution is -2.86. The predicted octanol–water partition coefficient (Wildman–Crippen LogP) is 4.14. The van der Waals surface area contributed by atoms with Gasteiger partial charge in [0.1, 0.15) is 23.4 Å². The Bertz CT molecular complexity index is 1560. The maximum absolute atomic E-state index is 14.4. The molecule has 0 atom stereocenters. The summed E-state index contributed by atoms with van der Waals surface area (Å²) in [5, 5.41) is 12.2. The minimum atomic E-state index is -4.82. The van der Waals surface area contributed by atoms with Crippen LogP contribution in [0.2, 0.25) is 5.02 Å². The van der Waals surface area contributed by atoms with Gasteiger partial charge in [0.2, 0.25) is 5.82 Å². The zero-order chi connectivity index (χ0) is 29.9. The number of hydrogen-bond acceptors (Lipinski definition) is 6. The van der Waals surface area contributed by atoms with Gasteiger partial charge in [0.25, 0.3) is 5.91 Å². The molecule has 1 fully saturated rings. The van der Waals surface area contributed by atoms with Gasteiger partial charge in [-0.25, -0.2) is 9.37 Å². The normalized spacial score (nSPS) is 14.3. The number of piperidine rings is 1. The number of nitrogens with one attached hydrogen (secondary N) is 2. The third-order valence-corrected chi connectivity index (χ3v) is 7.01. The van der Waals surface area contributed by atoms with Crippen molar-refractivity contribution in [3.05, 3.63) is 75.3 Å². The standard InChI is InChI=1S/C28H26ClF4N7O/c1-15-3-5-19(39-27(41)20-12-17(28(31,32)33)13-21(29)24(20)30)11-16(15)4-6-22(34)23-25(35)36-14-37-26(23)38-18-7-9-40(2)10-8-18/h3,5,11-14,18,34H,7-10H2,1-2H3,(H,39,41)(H3,35,36,37,38)/p+1. The summed E-state index contributed by atoms with van der Waals surface area (Å²) >= 11 is 5.61. The van der Waals surface area contributed by atoms with Crippen molar-refractivity contribution in [3.63, 3.8) is 0 Å². The van der Waals surface area contributed by atoms with Crippen LogP contribution in [-0.4, -0.2) is 52.7 Å². The van der Waals surface area contributed by atoms with Crippen molar-refractivity contribution in [2.45, 2.75) is 32.0 Å².